The van der Waals surface area contributed by atoms with E-state index < -0.39 is 0 Å². The van der Waals surface area contributed by atoms with Gasteiger partial charge in [-0.15, -0.1) is 0 Å². The summed E-state index contributed by atoms with van der Waals surface area (Å²) in [5.41, 5.74) is 2.80. The molecular formula is C17H21N3O4. The van der Waals surface area contributed by atoms with Crippen LogP contribution < -0.4 is 19.5 Å². The number of benzene rings is 1. The molecule has 1 aliphatic carbocycles. The molecule has 24 heavy (non-hydrogen) atoms. The largest absolute Gasteiger partial charge is 0.493 e. The number of rotatable bonds is 5. The van der Waals surface area contributed by atoms with Gasteiger partial charge in [0.15, 0.2) is 11.5 Å². The lowest BCUT2D eigenvalue weighted by Crippen LogP contribution is -2.38. The highest BCUT2D eigenvalue weighted by atomic mass is 16.5. The van der Waals surface area contributed by atoms with Gasteiger partial charge in [-0.3, -0.25) is 9.89 Å². The second-order valence-electron chi connectivity index (χ2n) is 5.70. The molecule has 1 aromatic carbocycles. The highest BCUT2D eigenvalue weighted by Crippen LogP contribution is 2.38. The van der Waals surface area contributed by atoms with E-state index in [0.717, 1.165) is 25.0 Å². The molecule has 2 aromatic rings. The van der Waals surface area contributed by atoms with Gasteiger partial charge in [0.2, 0.25) is 5.75 Å². The zero-order valence-corrected chi connectivity index (χ0v) is 14.0. The van der Waals surface area contributed by atoms with Crippen LogP contribution in [0.25, 0.3) is 0 Å². The number of fused-ring (bicyclic) bond motifs is 1. The summed E-state index contributed by atoms with van der Waals surface area (Å²) in [7, 11) is 4.59. The van der Waals surface area contributed by atoms with Gasteiger partial charge in [0.1, 0.15) is 0 Å². The molecule has 1 atom stereocenters. The van der Waals surface area contributed by atoms with Gasteiger partial charge in [-0.2, -0.15) is 5.10 Å². The van der Waals surface area contributed by atoms with Crippen molar-refractivity contribution in [1.29, 1.82) is 0 Å². The zero-order chi connectivity index (χ0) is 17.1. The Labute approximate surface area is 140 Å². The minimum absolute atomic E-state index is 0.0736. The van der Waals surface area contributed by atoms with Crippen molar-refractivity contribution in [2.24, 2.45) is 0 Å². The summed E-state index contributed by atoms with van der Waals surface area (Å²) in [5.74, 6) is 1.22. The molecule has 0 saturated heterocycles. The Bertz CT molecular complexity index is 716. The van der Waals surface area contributed by atoms with Crippen molar-refractivity contribution in [3.8, 4) is 17.2 Å². The van der Waals surface area contributed by atoms with Crippen molar-refractivity contribution in [1.82, 2.24) is 15.5 Å². The van der Waals surface area contributed by atoms with E-state index >= 15 is 0 Å². The first-order valence-corrected chi connectivity index (χ1v) is 7.78. The SMILES string of the molecule is COc1cc(C(=O)NC2CCc3cn[nH]c3C2)cc(OC)c1OC. The minimum atomic E-state index is -0.165. The summed E-state index contributed by atoms with van der Waals surface area (Å²) < 4.78 is 15.9. The number of H-pyrrole nitrogens is 1. The van der Waals surface area contributed by atoms with Gasteiger partial charge in [-0.25, -0.2) is 0 Å². The lowest BCUT2D eigenvalue weighted by Gasteiger charge is -2.23. The Morgan fingerprint density at radius 1 is 1.21 bits per heavy atom. The first-order chi connectivity index (χ1) is 11.7. The molecule has 1 unspecified atom stereocenters. The van der Waals surface area contributed by atoms with E-state index in [4.69, 9.17) is 14.2 Å². The number of aryl methyl sites for hydroxylation is 1. The van der Waals surface area contributed by atoms with Crippen LogP contribution in [0.3, 0.4) is 0 Å². The topological polar surface area (TPSA) is 85.5 Å². The van der Waals surface area contributed by atoms with Crippen molar-refractivity contribution in [3.63, 3.8) is 0 Å². The third kappa shape index (κ3) is 3.02. The molecule has 0 saturated carbocycles. The Morgan fingerprint density at radius 2 is 1.92 bits per heavy atom. The number of amides is 1. The van der Waals surface area contributed by atoms with E-state index in [0.29, 0.717) is 22.8 Å². The van der Waals surface area contributed by atoms with Crippen molar-refractivity contribution in [3.05, 3.63) is 35.2 Å². The third-order valence-corrected chi connectivity index (χ3v) is 4.28. The minimum Gasteiger partial charge on any atom is -0.493 e. The Hall–Kier alpha value is -2.70. The molecule has 2 N–H and O–H groups in total. The van der Waals surface area contributed by atoms with Crippen LogP contribution in [-0.2, 0) is 12.8 Å². The first kappa shape index (κ1) is 16.2. The van der Waals surface area contributed by atoms with E-state index in [2.05, 4.69) is 15.5 Å². The third-order valence-electron chi connectivity index (χ3n) is 4.28. The standard InChI is InChI=1S/C17H21N3O4/c1-22-14-6-11(7-15(23-2)16(14)24-3)17(21)19-12-5-4-10-9-18-20-13(10)8-12/h6-7,9,12H,4-5,8H2,1-3H3,(H,18,20)(H,19,21). The van der Waals surface area contributed by atoms with Crippen molar-refractivity contribution in [2.75, 3.05) is 21.3 Å². The fraction of sp³-hybridized carbons (Fsp3) is 0.412. The first-order valence-electron chi connectivity index (χ1n) is 7.78. The molecule has 0 fully saturated rings. The molecule has 1 aromatic heterocycles. The van der Waals surface area contributed by atoms with E-state index in [1.54, 1.807) is 12.1 Å². The molecule has 128 valence electrons. The molecule has 7 nitrogen and oxygen atoms in total. The smallest absolute Gasteiger partial charge is 0.251 e. The highest BCUT2D eigenvalue weighted by molar-refractivity contribution is 5.95. The van der Waals surface area contributed by atoms with E-state index in [9.17, 15) is 4.79 Å². The van der Waals surface area contributed by atoms with Gasteiger partial charge >= 0.3 is 0 Å². The predicted molar refractivity (Wildman–Crippen MR) is 88.0 cm³/mol. The molecule has 0 radical (unpaired) electrons. The Morgan fingerprint density at radius 3 is 2.54 bits per heavy atom. The maximum absolute atomic E-state index is 12.6. The van der Waals surface area contributed by atoms with Crippen LogP contribution in [-0.4, -0.2) is 43.5 Å². The fourth-order valence-electron chi connectivity index (χ4n) is 3.01. The average Bonchev–Trinajstić information content (AvgIpc) is 3.07. The predicted octanol–water partition coefficient (Wildman–Crippen LogP) is 1.72. The Kier molecular flexibility index (Phi) is 4.59. The van der Waals surface area contributed by atoms with Crippen molar-refractivity contribution >= 4 is 5.91 Å². The summed E-state index contributed by atoms with van der Waals surface area (Å²) in [6.45, 7) is 0. The van der Waals surface area contributed by atoms with Gasteiger partial charge < -0.3 is 19.5 Å². The van der Waals surface area contributed by atoms with Gasteiger partial charge in [0.25, 0.3) is 5.91 Å². The lowest BCUT2D eigenvalue weighted by molar-refractivity contribution is 0.0932. The maximum Gasteiger partial charge on any atom is 0.251 e. The highest BCUT2D eigenvalue weighted by Gasteiger charge is 2.23. The van der Waals surface area contributed by atoms with Crippen LogP contribution in [0.5, 0.6) is 17.2 Å². The van der Waals surface area contributed by atoms with Crippen LogP contribution in [0.15, 0.2) is 18.3 Å². The number of ether oxygens (including phenoxy) is 3. The summed E-state index contributed by atoms with van der Waals surface area (Å²) in [6, 6.07) is 3.38. The Balaban J connectivity index is 1.78. The number of aromatic nitrogens is 2. The number of aromatic amines is 1. The molecule has 0 bridgehead atoms. The van der Waals surface area contributed by atoms with E-state index in [-0.39, 0.29) is 11.9 Å². The average molecular weight is 331 g/mol. The fourth-order valence-corrected chi connectivity index (χ4v) is 3.01. The van der Waals surface area contributed by atoms with Crippen molar-refractivity contribution in [2.45, 2.75) is 25.3 Å². The van der Waals surface area contributed by atoms with Crippen molar-refractivity contribution < 1.29 is 19.0 Å². The summed E-state index contributed by atoms with van der Waals surface area (Å²) >= 11 is 0. The van der Waals surface area contributed by atoms with Crippen LogP contribution >= 0.6 is 0 Å². The molecule has 0 aliphatic heterocycles. The van der Waals surface area contributed by atoms with Crippen LogP contribution in [0.1, 0.15) is 28.0 Å². The second kappa shape index (κ2) is 6.82. The molecule has 1 amide bonds. The van der Waals surface area contributed by atoms with Gasteiger partial charge in [-0.1, -0.05) is 0 Å². The molecular weight excluding hydrogens is 310 g/mol. The number of nitrogens with zero attached hydrogens (tertiary/aromatic N) is 1. The monoisotopic (exact) mass is 331 g/mol. The second-order valence-corrected chi connectivity index (χ2v) is 5.70. The summed E-state index contributed by atoms with van der Waals surface area (Å²) in [5, 5.41) is 10.1. The number of carbonyl (C=O) groups excluding carboxylic acids is 1. The molecule has 0 spiro atoms. The number of carbonyl (C=O) groups is 1. The number of hydrogen-bond acceptors (Lipinski definition) is 5. The van der Waals surface area contributed by atoms with Crippen LogP contribution in [0.4, 0.5) is 0 Å². The van der Waals surface area contributed by atoms with E-state index in [1.165, 1.54) is 26.9 Å². The molecule has 7 heteroatoms. The van der Waals surface area contributed by atoms with Gasteiger partial charge in [0.05, 0.1) is 27.5 Å². The molecule has 3 rings (SSSR count). The number of nitrogens with one attached hydrogen (secondary N) is 2. The van der Waals surface area contributed by atoms with Crippen LogP contribution in [0, 0.1) is 0 Å². The summed E-state index contributed by atoms with van der Waals surface area (Å²) in [4.78, 5) is 12.6. The molecule has 1 aliphatic rings. The zero-order valence-electron chi connectivity index (χ0n) is 14.0. The lowest BCUT2D eigenvalue weighted by atomic mass is 9.93. The number of methoxy groups -OCH3 is 3. The molecule has 1 heterocycles. The van der Waals surface area contributed by atoms with Gasteiger partial charge in [0, 0.05) is 23.7 Å². The van der Waals surface area contributed by atoms with Gasteiger partial charge in [-0.05, 0) is 30.5 Å². The maximum atomic E-state index is 12.6. The number of hydrogen-bond donors (Lipinski definition) is 2. The van der Waals surface area contributed by atoms with E-state index in [1.807, 2.05) is 6.20 Å². The quantitative estimate of drug-likeness (QED) is 0.871. The summed E-state index contributed by atoms with van der Waals surface area (Å²) in [6.07, 6.45) is 4.41. The normalized spacial score (nSPS) is 16.2. The van der Waals surface area contributed by atoms with Crippen LogP contribution in [0.2, 0.25) is 0 Å².